The van der Waals surface area contributed by atoms with Gasteiger partial charge in [0.1, 0.15) is 135 Å². The molecule has 732 valence electrons. The van der Waals surface area contributed by atoms with E-state index in [-0.39, 0.29) is 69.4 Å². The third-order valence-electron chi connectivity index (χ3n) is 23.5. The smallest absolute Gasteiger partial charge is 0.281 e. The molecule has 20 nitrogen and oxygen atoms in total. The maximum absolute atomic E-state index is 14.4. The van der Waals surface area contributed by atoms with E-state index < -0.39 is 85.6 Å². The van der Waals surface area contributed by atoms with Gasteiger partial charge in [-0.2, -0.15) is 20.4 Å². The Morgan fingerprint density at radius 1 is 0.392 bits per heavy atom. The molecule has 0 bridgehead atoms. The number of nitrogens with zero attached hydrogens (tertiary/aromatic N) is 8. The van der Waals surface area contributed by atoms with Crippen LogP contribution in [-0.4, -0.2) is 108 Å². The van der Waals surface area contributed by atoms with Crippen LogP contribution in [0.1, 0.15) is 180 Å². The second-order valence-corrected chi connectivity index (χ2v) is 37.3. The number of carbonyl (C=O) groups is 5. The second kappa shape index (κ2) is 46.2. The van der Waals surface area contributed by atoms with Crippen molar-refractivity contribution in [1.82, 2.24) is 20.0 Å². The fourth-order valence-electron chi connectivity index (χ4n) is 16.3. The van der Waals surface area contributed by atoms with E-state index in [1.807, 2.05) is 98.8 Å². The lowest BCUT2D eigenvalue weighted by atomic mass is 9.88. The Morgan fingerprint density at radius 2 is 0.804 bits per heavy atom. The lowest BCUT2D eigenvalue weighted by Gasteiger charge is -2.28. The monoisotopic (exact) mass is 2020 g/mol. The van der Waals surface area contributed by atoms with Crippen molar-refractivity contribution >= 4 is 102 Å². The number of Topliss-reactive ketones (excluding diaryl/α,β-unsaturated/α-hetero) is 1. The van der Waals surface area contributed by atoms with Crippen LogP contribution < -0.4 is 23.7 Å². The predicted molar refractivity (Wildman–Crippen MR) is 533 cm³/mol. The molecule has 34 heteroatoms. The summed E-state index contributed by atoms with van der Waals surface area (Å²) in [5.41, 5.74) is 9.53. The minimum Gasteiger partial charge on any atom is -0.508 e. The molecule has 1 aliphatic carbocycles. The van der Waals surface area contributed by atoms with E-state index in [1.54, 1.807) is 98.9 Å². The van der Waals surface area contributed by atoms with Crippen molar-refractivity contribution in [2.75, 3.05) is 28.4 Å². The molecule has 0 saturated heterocycles. The van der Waals surface area contributed by atoms with Crippen LogP contribution in [0.3, 0.4) is 0 Å². The molecule has 4 amide bonds. The molecule has 4 aliphatic heterocycles. The van der Waals surface area contributed by atoms with E-state index in [4.69, 9.17) is 33.9 Å². The summed E-state index contributed by atoms with van der Waals surface area (Å²) in [6.07, 6.45) is 6.51. The van der Waals surface area contributed by atoms with Crippen molar-refractivity contribution < 1.29 is 102 Å². The summed E-state index contributed by atoms with van der Waals surface area (Å²) in [4.78, 5) is 65.7. The van der Waals surface area contributed by atoms with Crippen LogP contribution >= 0.6 is 47.0 Å². The van der Waals surface area contributed by atoms with E-state index in [0.717, 1.165) is 123 Å². The number of ketones is 1. The zero-order valence-corrected chi connectivity index (χ0v) is 80.9. The third-order valence-corrected chi connectivity index (χ3v) is 28.3. The first-order chi connectivity index (χ1) is 68.9. The first kappa shape index (κ1) is 103. The number of benzene rings is 13. The number of carbonyl (C=O) groups excluding carboxylic acids is 5. The topological polar surface area (TPSA) is 234 Å². The Morgan fingerprint density at radius 3 is 1.27 bits per heavy atom. The number of amides is 4. The largest absolute Gasteiger partial charge is 0.508 e. The van der Waals surface area contributed by atoms with Gasteiger partial charge in [-0.3, -0.25) is 24.0 Å². The number of phenolic OH excluding ortho intramolecular Hbond substituents is 1. The van der Waals surface area contributed by atoms with Gasteiger partial charge in [0.2, 0.25) is 5.91 Å². The van der Waals surface area contributed by atoms with Gasteiger partial charge in [0, 0.05) is 91.4 Å². The van der Waals surface area contributed by atoms with Gasteiger partial charge in [0.05, 0.1) is 28.4 Å². The molecule has 13 aromatic rings. The highest BCUT2D eigenvalue weighted by atomic mass is 32.2. The van der Waals surface area contributed by atoms with Gasteiger partial charge >= 0.3 is 0 Å². The summed E-state index contributed by atoms with van der Waals surface area (Å²) in [5.74, 6) is -9.83. The normalized spacial score (nSPS) is 15.9. The van der Waals surface area contributed by atoms with Crippen LogP contribution in [0.2, 0.25) is 0 Å². The second-order valence-electron chi connectivity index (χ2n) is 33.1. The van der Waals surface area contributed by atoms with Crippen LogP contribution in [0.25, 0.3) is 5.76 Å². The quantitative estimate of drug-likeness (QED) is 0.0325. The van der Waals surface area contributed by atoms with E-state index in [0.29, 0.717) is 107 Å². The SMILES string of the molecule is C=C(O)c1cccc(COc2cccc(C3SC(c4ccc(F)cc4)=NN3C(=O)c3ccccc3C)c2OC)c1.COc1c(CCc2cccc(C(C)=O)c2)cccc1C1SC(c2ccc(F)cc2)=NN1C(=O)C1CCCCC1.COc1c(O)cccc1C1SC(c2ccc(F)cc2)=NN1C(=O)c1c(F)cc(F)cc1F.COc1cc(C)ccc1C1SC(c2ccc(F)cc2)=NN1C(=O)c1c(F)cc(F)cc1F. The fraction of sp³-hybridized carbons (Fsp3) is 0.183. The van der Waals surface area contributed by atoms with Crippen LogP contribution in [-0.2, 0) is 24.2 Å². The van der Waals surface area contributed by atoms with Gasteiger partial charge < -0.3 is 33.9 Å². The number of hydrogen-bond acceptors (Lipinski definition) is 20. The molecule has 143 heavy (non-hydrogen) atoms. The Labute approximate surface area is 833 Å². The number of ether oxygens (including phenoxy) is 5. The van der Waals surface area contributed by atoms with Crippen molar-refractivity contribution in [2.24, 2.45) is 26.3 Å². The third kappa shape index (κ3) is 23.8. The number of aromatic hydroxyl groups is 1. The number of hydrazone groups is 4. The number of para-hydroxylation sites is 3. The molecule has 13 aromatic carbocycles. The number of hydrogen-bond donors (Lipinski definition) is 2. The van der Waals surface area contributed by atoms with Crippen LogP contribution in [0.15, 0.2) is 294 Å². The molecule has 1 fully saturated rings. The Balaban J connectivity index is 0.000000144. The maximum atomic E-state index is 14.4. The molecule has 2 N–H and O–H groups in total. The summed E-state index contributed by atoms with van der Waals surface area (Å²) < 4.78 is 167. The van der Waals surface area contributed by atoms with Crippen molar-refractivity contribution in [3.8, 4) is 34.5 Å². The van der Waals surface area contributed by atoms with Crippen molar-refractivity contribution in [2.45, 2.75) is 93.8 Å². The van der Waals surface area contributed by atoms with Crippen molar-refractivity contribution in [1.29, 1.82) is 0 Å². The number of phenols is 1. The van der Waals surface area contributed by atoms with Gasteiger partial charge in [-0.1, -0.05) is 182 Å². The fourth-order valence-corrected chi connectivity index (χ4v) is 21.0. The zero-order valence-electron chi connectivity index (χ0n) is 77.6. The molecule has 4 heterocycles. The summed E-state index contributed by atoms with van der Waals surface area (Å²) in [7, 11) is 5.99. The zero-order chi connectivity index (χ0) is 102. The standard InChI is InChI=1S/C32H27FN2O4S.C32H33FN2O3S.C23H16F4N2O2S.C22H14F4N2O3S/c1-20-8-4-5-11-26(20)31(37)35-32(40-30(34-35)23-14-16-25(33)17-15-23)27-12-7-13-28(29(27)38-3)39-19-22-9-6-10-24(18-22)21(2)36;1-21(36)26-12-6-8-22(20-26)14-15-23-11-7-13-28(29(23)38-2)32-35(31(37)25-9-4-3-5-10-25)34-30(39-32)24-16-18-27(33)19-17-24;1-12-3-8-16(19(9-12)31-2)23-29(22(30)20-17(26)10-15(25)11-18(20)27)28-21(32-23)13-4-6-14(24)7-5-13;1-31-19-14(3-2-4-17(19)29)22-28(21(30)18-15(25)9-13(24)10-16(18)26)27-20(32-22)11-5-7-12(23)8-6-11/h4-18,32,36H,2,19H2,1,3H3;6-8,11-13,16-20,25,32H,3-5,9-10,14-15H2,1-2H3;3-11,23H,1-2H3;2-10,22,29H,1H3. The Hall–Kier alpha value is -14.9. The van der Waals surface area contributed by atoms with Gasteiger partial charge in [0.15, 0.2) is 28.8 Å². The Kier molecular flexibility index (Phi) is 33.2. The highest BCUT2D eigenvalue weighted by molar-refractivity contribution is 8.15. The highest BCUT2D eigenvalue weighted by Gasteiger charge is 2.44. The predicted octanol–water partition coefficient (Wildman–Crippen LogP) is 25.9. The number of rotatable bonds is 24. The molecule has 1 saturated carbocycles. The first-order valence-electron chi connectivity index (χ1n) is 44.6. The molecule has 0 aromatic heterocycles. The lowest BCUT2D eigenvalue weighted by Crippen LogP contribution is -2.33. The summed E-state index contributed by atoms with van der Waals surface area (Å²) >= 11 is 5.04. The van der Waals surface area contributed by atoms with E-state index in [1.165, 1.54) is 128 Å². The molecular weight excluding hydrogens is 1930 g/mol. The number of thioether (sulfide) groups is 4. The van der Waals surface area contributed by atoms with Crippen LogP contribution in [0.4, 0.5) is 43.9 Å². The first-order valence-corrected chi connectivity index (χ1v) is 48.2. The molecule has 0 spiro atoms. The van der Waals surface area contributed by atoms with Gasteiger partial charge in [-0.25, -0.2) is 63.9 Å². The molecule has 18 rings (SSSR count). The van der Waals surface area contributed by atoms with E-state index >= 15 is 0 Å². The van der Waals surface area contributed by atoms with E-state index in [9.17, 15) is 78.1 Å². The number of aryl methyl sites for hydroxylation is 4. The molecule has 5 aliphatic rings. The molecule has 4 unspecified atom stereocenters. The summed E-state index contributed by atoms with van der Waals surface area (Å²) in [6.45, 7) is 9.12. The van der Waals surface area contributed by atoms with Crippen LogP contribution in [0, 0.1) is 77.9 Å². The van der Waals surface area contributed by atoms with Gasteiger partial charge in [-0.05, 0) is 208 Å². The average molecular weight is 2020 g/mol. The minimum absolute atomic E-state index is 0.0185. The number of halogens is 10. The highest BCUT2D eigenvalue weighted by Crippen LogP contribution is 2.53. The average Bonchev–Trinajstić information content (AvgIpc) is 1.65. The molecular formula is C109H90F10N8O12S4. The summed E-state index contributed by atoms with van der Waals surface area (Å²) in [6, 6.07) is 68.3. The van der Waals surface area contributed by atoms with Crippen molar-refractivity contribution in [3.63, 3.8) is 0 Å². The minimum atomic E-state index is -1.38. The molecule has 0 radical (unpaired) electrons. The van der Waals surface area contributed by atoms with Crippen LogP contribution in [0.5, 0.6) is 34.5 Å². The van der Waals surface area contributed by atoms with Gasteiger partial charge in [0.25, 0.3) is 17.7 Å². The summed E-state index contributed by atoms with van der Waals surface area (Å²) in [5, 5.41) is 41.8. The van der Waals surface area contributed by atoms with Gasteiger partial charge in [-0.15, -0.1) is 0 Å². The Bertz CT molecular complexity index is 7080. The number of aliphatic hydroxyl groups excluding tert-OH is 1. The number of aliphatic hydroxyl groups is 1. The molecule has 4 atom stereocenters. The van der Waals surface area contributed by atoms with Crippen molar-refractivity contribution in [3.05, 3.63) is 432 Å². The number of methoxy groups -OCH3 is 4. The maximum Gasteiger partial charge on any atom is 0.281 e. The van der Waals surface area contributed by atoms with E-state index in [2.05, 4.69) is 16.8 Å². The lowest BCUT2D eigenvalue weighted by molar-refractivity contribution is -0.137.